The van der Waals surface area contributed by atoms with E-state index in [-0.39, 0.29) is 24.0 Å². The van der Waals surface area contributed by atoms with Crippen molar-refractivity contribution in [1.29, 1.82) is 0 Å². The Balaban J connectivity index is 1.31. The van der Waals surface area contributed by atoms with Gasteiger partial charge in [-0.25, -0.2) is 13.2 Å². The molecular weight excluding hydrogens is 432 g/mol. The zero-order valence-electron chi connectivity index (χ0n) is 17.7. The molecular formula is C23H24N2O6S. The summed E-state index contributed by atoms with van der Waals surface area (Å²) < 4.78 is 37.3. The largest absolute Gasteiger partial charge is 0.484 e. The van der Waals surface area contributed by atoms with Gasteiger partial charge in [-0.1, -0.05) is 12.1 Å². The molecule has 32 heavy (non-hydrogen) atoms. The lowest BCUT2D eigenvalue weighted by Gasteiger charge is -2.15. The summed E-state index contributed by atoms with van der Waals surface area (Å²) in [5.74, 6) is 0.0856. The first kappa shape index (κ1) is 22.0. The van der Waals surface area contributed by atoms with Crippen molar-refractivity contribution in [3.05, 3.63) is 70.1 Å². The maximum absolute atomic E-state index is 12.6. The molecule has 1 aliphatic rings. The minimum Gasteiger partial charge on any atom is -0.484 e. The van der Waals surface area contributed by atoms with E-state index >= 15 is 0 Å². The Morgan fingerprint density at radius 1 is 1.09 bits per heavy atom. The van der Waals surface area contributed by atoms with Crippen LogP contribution in [0.15, 0.2) is 62.6 Å². The number of carbonyl (C=O) groups excluding carboxylic acids is 1. The van der Waals surface area contributed by atoms with Crippen molar-refractivity contribution >= 4 is 26.9 Å². The van der Waals surface area contributed by atoms with Gasteiger partial charge in [0.25, 0.3) is 5.91 Å². The molecule has 0 unspecified atom stereocenters. The van der Waals surface area contributed by atoms with Gasteiger partial charge < -0.3 is 14.5 Å². The molecule has 0 spiro atoms. The summed E-state index contributed by atoms with van der Waals surface area (Å²) in [5, 5.41) is 3.54. The molecule has 1 aromatic heterocycles. The van der Waals surface area contributed by atoms with Crippen LogP contribution in [0.2, 0.25) is 0 Å². The van der Waals surface area contributed by atoms with Crippen LogP contribution in [-0.4, -0.2) is 38.3 Å². The lowest BCUT2D eigenvalue weighted by Crippen LogP contribution is -2.29. The lowest BCUT2D eigenvalue weighted by atomic mass is 10.1. The molecule has 3 aromatic rings. The third kappa shape index (κ3) is 4.84. The van der Waals surface area contributed by atoms with Crippen molar-refractivity contribution in [1.82, 2.24) is 9.62 Å². The van der Waals surface area contributed by atoms with Crippen LogP contribution < -0.4 is 15.7 Å². The number of fused-ring (bicyclic) bond motifs is 1. The minimum atomic E-state index is -3.45. The summed E-state index contributed by atoms with van der Waals surface area (Å²) in [6.07, 6.45) is 1.78. The molecule has 1 fully saturated rings. The minimum absolute atomic E-state index is 0.205. The van der Waals surface area contributed by atoms with Crippen LogP contribution in [0.4, 0.5) is 0 Å². The van der Waals surface area contributed by atoms with Crippen LogP contribution in [0.1, 0.15) is 24.0 Å². The Hall–Kier alpha value is -3.17. The zero-order chi connectivity index (χ0) is 22.7. The van der Waals surface area contributed by atoms with Gasteiger partial charge in [-0.2, -0.15) is 4.31 Å². The van der Waals surface area contributed by atoms with E-state index in [1.165, 1.54) is 10.4 Å². The smallest absolute Gasteiger partial charge is 0.336 e. The second-order valence-electron chi connectivity index (χ2n) is 7.73. The topological polar surface area (TPSA) is 106 Å². The van der Waals surface area contributed by atoms with E-state index in [1.807, 2.05) is 6.92 Å². The fourth-order valence-corrected chi connectivity index (χ4v) is 5.17. The summed E-state index contributed by atoms with van der Waals surface area (Å²) in [4.78, 5) is 23.9. The van der Waals surface area contributed by atoms with Gasteiger partial charge in [-0.05, 0) is 55.2 Å². The van der Waals surface area contributed by atoms with Crippen molar-refractivity contribution in [2.45, 2.75) is 31.2 Å². The number of nitrogens with one attached hydrogen (secondary N) is 1. The Morgan fingerprint density at radius 2 is 1.81 bits per heavy atom. The number of aryl methyl sites for hydroxylation is 1. The highest BCUT2D eigenvalue weighted by Gasteiger charge is 2.26. The number of nitrogens with zero attached hydrogens (tertiary/aromatic N) is 1. The van der Waals surface area contributed by atoms with E-state index < -0.39 is 15.6 Å². The maximum atomic E-state index is 12.6. The highest BCUT2D eigenvalue weighted by atomic mass is 32.2. The van der Waals surface area contributed by atoms with Crippen LogP contribution in [-0.2, 0) is 21.4 Å². The standard InChI is InChI=1S/C23H24N2O6S/c1-16-12-23(27)31-21-13-18(6-9-20(16)21)30-15-22(26)24-14-17-4-7-19(8-5-17)32(28,29)25-10-2-3-11-25/h4-9,12-13H,2-3,10-11,14-15H2,1H3,(H,24,26). The number of rotatable bonds is 7. The molecule has 0 aliphatic carbocycles. The fraction of sp³-hybridized carbons (Fsp3) is 0.304. The molecule has 168 valence electrons. The lowest BCUT2D eigenvalue weighted by molar-refractivity contribution is -0.123. The molecule has 0 saturated carbocycles. The molecule has 0 atom stereocenters. The number of hydrogen-bond acceptors (Lipinski definition) is 6. The molecule has 0 radical (unpaired) electrons. The van der Waals surface area contributed by atoms with Crippen LogP contribution in [0.3, 0.4) is 0 Å². The van der Waals surface area contributed by atoms with Gasteiger partial charge in [0, 0.05) is 37.2 Å². The van der Waals surface area contributed by atoms with Crippen molar-refractivity contribution < 1.29 is 22.4 Å². The van der Waals surface area contributed by atoms with Crippen LogP contribution >= 0.6 is 0 Å². The van der Waals surface area contributed by atoms with E-state index in [4.69, 9.17) is 9.15 Å². The number of benzene rings is 2. The average Bonchev–Trinajstić information content (AvgIpc) is 3.32. The van der Waals surface area contributed by atoms with Crippen LogP contribution in [0.5, 0.6) is 5.75 Å². The summed E-state index contributed by atoms with van der Waals surface area (Å²) in [6, 6.07) is 13.0. The predicted molar refractivity (Wildman–Crippen MR) is 119 cm³/mol. The van der Waals surface area contributed by atoms with Gasteiger partial charge in [0.05, 0.1) is 4.90 Å². The number of ether oxygens (including phenoxy) is 1. The first-order chi connectivity index (χ1) is 15.3. The van der Waals surface area contributed by atoms with Gasteiger partial charge in [0.1, 0.15) is 11.3 Å². The highest BCUT2D eigenvalue weighted by Crippen LogP contribution is 2.23. The summed E-state index contributed by atoms with van der Waals surface area (Å²) in [7, 11) is -3.45. The normalized spacial score (nSPS) is 14.5. The second kappa shape index (κ2) is 9.13. The van der Waals surface area contributed by atoms with Gasteiger partial charge in [0.2, 0.25) is 10.0 Å². The number of hydrogen-bond donors (Lipinski definition) is 1. The first-order valence-electron chi connectivity index (χ1n) is 10.4. The zero-order valence-corrected chi connectivity index (χ0v) is 18.5. The van der Waals surface area contributed by atoms with E-state index in [1.54, 1.807) is 42.5 Å². The third-order valence-electron chi connectivity index (χ3n) is 5.41. The van der Waals surface area contributed by atoms with Crippen molar-refractivity contribution in [3.63, 3.8) is 0 Å². The summed E-state index contributed by atoms with van der Waals surface area (Å²) >= 11 is 0. The van der Waals surface area contributed by atoms with E-state index in [9.17, 15) is 18.0 Å². The molecule has 1 aliphatic heterocycles. The maximum Gasteiger partial charge on any atom is 0.336 e. The van der Waals surface area contributed by atoms with E-state index in [0.717, 1.165) is 29.4 Å². The van der Waals surface area contributed by atoms with Crippen LogP contribution in [0.25, 0.3) is 11.0 Å². The van der Waals surface area contributed by atoms with Gasteiger partial charge in [0.15, 0.2) is 6.61 Å². The monoisotopic (exact) mass is 456 g/mol. The highest BCUT2D eigenvalue weighted by molar-refractivity contribution is 7.89. The Bertz CT molecular complexity index is 1290. The van der Waals surface area contributed by atoms with Gasteiger partial charge in [-0.15, -0.1) is 0 Å². The van der Waals surface area contributed by atoms with Crippen molar-refractivity contribution in [3.8, 4) is 5.75 Å². The molecule has 1 N–H and O–H groups in total. The average molecular weight is 457 g/mol. The number of sulfonamides is 1. The van der Waals surface area contributed by atoms with E-state index in [0.29, 0.717) is 24.4 Å². The molecule has 9 heteroatoms. The van der Waals surface area contributed by atoms with E-state index in [2.05, 4.69) is 5.32 Å². The molecule has 0 bridgehead atoms. The predicted octanol–water partition coefficient (Wildman–Crippen LogP) is 2.58. The van der Waals surface area contributed by atoms with Gasteiger partial charge >= 0.3 is 5.63 Å². The molecule has 2 aromatic carbocycles. The number of amides is 1. The molecule has 1 amide bonds. The third-order valence-corrected chi connectivity index (χ3v) is 7.32. The summed E-state index contributed by atoms with van der Waals surface area (Å²) in [5.41, 5.74) is 1.54. The molecule has 4 rings (SSSR count). The van der Waals surface area contributed by atoms with Gasteiger partial charge in [-0.3, -0.25) is 4.79 Å². The quantitative estimate of drug-likeness (QED) is 0.548. The first-order valence-corrected chi connectivity index (χ1v) is 11.8. The Labute approximate surface area is 185 Å². The Morgan fingerprint density at radius 3 is 2.53 bits per heavy atom. The summed E-state index contributed by atoms with van der Waals surface area (Å²) in [6.45, 7) is 2.98. The Kier molecular flexibility index (Phi) is 6.29. The van der Waals surface area contributed by atoms with Crippen molar-refractivity contribution in [2.75, 3.05) is 19.7 Å². The second-order valence-corrected chi connectivity index (χ2v) is 9.66. The fourth-order valence-electron chi connectivity index (χ4n) is 3.65. The molecule has 2 heterocycles. The van der Waals surface area contributed by atoms with Crippen molar-refractivity contribution in [2.24, 2.45) is 0 Å². The molecule has 8 nitrogen and oxygen atoms in total. The van der Waals surface area contributed by atoms with Crippen LogP contribution in [0, 0.1) is 6.92 Å². The SMILES string of the molecule is Cc1cc(=O)oc2cc(OCC(=O)NCc3ccc(S(=O)(=O)N4CCCC4)cc3)ccc12. The number of carbonyl (C=O) groups is 1. The molecule has 1 saturated heterocycles.